The fraction of sp³-hybridized carbons (Fsp3) is 0.182. The third-order valence-electron chi connectivity index (χ3n) is 2.03. The average Bonchev–Trinajstić information content (AvgIpc) is 2.28. The third-order valence-corrected chi connectivity index (χ3v) is 2.03. The maximum Gasteiger partial charge on any atom is 0.335 e. The highest BCUT2D eigenvalue weighted by Gasteiger charge is 2.12. The summed E-state index contributed by atoms with van der Waals surface area (Å²) in [5.41, 5.74) is -0.207. The lowest BCUT2D eigenvalue weighted by atomic mass is 10.1. The van der Waals surface area contributed by atoms with Gasteiger partial charge in [-0.15, -0.1) is 0 Å². The molecule has 1 rings (SSSR count). The van der Waals surface area contributed by atoms with E-state index in [4.69, 9.17) is 10.2 Å². The predicted octanol–water partition coefficient (Wildman–Crippen LogP) is 1.43. The molecule has 0 aromatic heterocycles. The van der Waals surface area contributed by atoms with Crippen LogP contribution in [-0.4, -0.2) is 28.1 Å². The zero-order valence-electron chi connectivity index (χ0n) is 9.06. The number of anilines is 1. The molecule has 0 unspecified atom stereocenters. The van der Waals surface area contributed by atoms with Crippen molar-refractivity contribution in [3.63, 3.8) is 0 Å². The molecule has 0 saturated heterocycles. The van der Waals surface area contributed by atoms with Gasteiger partial charge in [0.05, 0.1) is 11.1 Å². The van der Waals surface area contributed by atoms with E-state index >= 15 is 0 Å². The fourth-order valence-corrected chi connectivity index (χ4v) is 1.20. The Morgan fingerprint density at radius 2 is 1.53 bits per heavy atom. The number of carboxylic acids is 2. The average molecular weight is 237 g/mol. The minimum atomic E-state index is -1.25. The number of amides is 1. The monoisotopic (exact) mass is 237 g/mol. The Morgan fingerprint density at radius 1 is 1.06 bits per heavy atom. The van der Waals surface area contributed by atoms with E-state index in [2.05, 4.69) is 5.32 Å². The minimum absolute atomic E-state index is 0.161. The molecule has 6 heteroatoms. The zero-order chi connectivity index (χ0) is 13.0. The van der Waals surface area contributed by atoms with E-state index in [-0.39, 0.29) is 29.1 Å². The van der Waals surface area contributed by atoms with Gasteiger partial charge in [0.2, 0.25) is 5.91 Å². The van der Waals surface area contributed by atoms with Crippen molar-refractivity contribution in [2.75, 3.05) is 5.32 Å². The number of carboxylic acid groups (broad SMARTS) is 2. The Kier molecular flexibility index (Phi) is 3.82. The topological polar surface area (TPSA) is 104 Å². The second-order valence-corrected chi connectivity index (χ2v) is 3.31. The molecular formula is C11H11NO5. The number of hydrogen-bond acceptors (Lipinski definition) is 3. The summed E-state index contributed by atoms with van der Waals surface area (Å²) in [5.74, 6) is -2.82. The molecule has 17 heavy (non-hydrogen) atoms. The summed E-state index contributed by atoms with van der Waals surface area (Å²) in [7, 11) is 0. The molecule has 0 heterocycles. The Balaban J connectivity index is 3.16. The van der Waals surface area contributed by atoms with Gasteiger partial charge in [-0.3, -0.25) is 4.79 Å². The van der Waals surface area contributed by atoms with Crippen molar-refractivity contribution in [3.8, 4) is 0 Å². The van der Waals surface area contributed by atoms with Crippen LogP contribution < -0.4 is 5.32 Å². The fourth-order valence-electron chi connectivity index (χ4n) is 1.20. The van der Waals surface area contributed by atoms with E-state index in [9.17, 15) is 14.4 Å². The van der Waals surface area contributed by atoms with Crippen LogP contribution in [0.4, 0.5) is 5.69 Å². The summed E-state index contributed by atoms with van der Waals surface area (Å²) in [5, 5.41) is 20.0. The molecule has 0 aliphatic rings. The summed E-state index contributed by atoms with van der Waals surface area (Å²) in [6.45, 7) is 1.63. The molecule has 6 nitrogen and oxygen atoms in total. The van der Waals surface area contributed by atoms with Gasteiger partial charge in [0.25, 0.3) is 0 Å². The number of hydrogen-bond donors (Lipinski definition) is 3. The van der Waals surface area contributed by atoms with Gasteiger partial charge in [-0.05, 0) is 18.2 Å². The van der Waals surface area contributed by atoms with Crippen LogP contribution in [0.3, 0.4) is 0 Å². The Labute approximate surface area is 96.9 Å². The van der Waals surface area contributed by atoms with Crippen molar-refractivity contribution in [1.82, 2.24) is 0 Å². The van der Waals surface area contributed by atoms with Crippen LogP contribution in [0.5, 0.6) is 0 Å². The van der Waals surface area contributed by atoms with Gasteiger partial charge >= 0.3 is 11.9 Å². The molecule has 0 radical (unpaired) electrons. The molecule has 3 N–H and O–H groups in total. The molecule has 0 aliphatic carbocycles. The smallest absolute Gasteiger partial charge is 0.335 e. The van der Waals surface area contributed by atoms with E-state index in [1.165, 1.54) is 12.1 Å². The van der Waals surface area contributed by atoms with Crippen LogP contribution in [0.25, 0.3) is 0 Å². The number of carbonyl (C=O) groups excluding carboxylic acids is 1. The summed E-state index contributed by atoms with van der Waals surface area (Å²) < 4.78 is 0. The summed E-state index contributed by atoms with van der Waals surface area (Å²) in [6, 6.07) is 3.46. The highest BCUT2D eigenvalue weighted by Crippen LogP contribution is 2.15. The van der Waals surface area contributed by atoms with Crippen molar-refractivity contribution in [3.05, 3.63) is 29.3 Å². The van der Waals surface area contributed by atoms with Gasteiger partial charge in [-0.1, -0.05) is 6.92 Å². The first-order valence-corrected chi connectivity index (χ1v) is 4.85. The van der Waals surface area contributed by atoms with Crippen molar-refractivity contribution < 1.29 is 24.6 Å². The first-order chi connectivity index (χ1) is 7.93. The normalized spacial score (nSPS) is 9.71. The molecule has 1 aromatic rings. The Bertz CT molecular complexity index is 449. The molecule has 0 saturated carbocycles. The lowest BCUT2D eigenvalue weighted by molar-refractivity contribution is -0.115. The molecule has 0 fully saturated rings. The van der Waals surface area contributed by atoms with E-state index < -0.39 is 11.9 Å². The number of aromatic carboxylic acids is 2. The first-order valence-electron chi connectivity index (χ1n) is 4.85. The largest absolute Gasteiger partial charge is 0.478 e. The molecule has 1 amide bonds. The molecule has 0 atom stereocenters. The van der Waals surface area contributed by atoms with Crippen LogP contribution in [0.2, 0.25) is 0 Å². The van der Waals surface area contributed by atoms with E-state index in [0.29, 0.717) is 0 Å². The van der Waals surface area contributed by atoms with Crippen molar-refractivity contribution in [1.29, 1.82) is 0 Å². The zero-order valence-corrected chi connectivity index (χ0v) is 9.06. The maximum atomic E-state index is 11.1. The lowest BCUT2D eigenvalue weighted by Crippen LogP contribution is -2.11. The van der Waals surface area contributed by atoms with E-state index in [1.54, 1.807) is 6.92 Å². The molecule has 1 aromatic carbocycles. The predicted molar refractivity (Wildman–Crippen MR) is 59.3 cm³/mol. The number of benzene rings is 1. The van der Waals surface area contributed by atoms with E-state index in [0.717, 1.165) is 6.07 Å². The Hall–Kier alpha value is -2.37. The highest BCUT2D eigenvalue weighted by atomic mass is 16.4. The second-order valence-electron chi connectivity index (χ2n) is 3.31. The van der Waals surface area contributed by atoms with Crippen LogP contribution >= 0.6 is 0 Å². The summed E-state index contributed by atoms with van der Waals surface area (Å²) in [4.78, 5) is 32.7. The van der Waals surface area contributed by atoms with Crippen LogP contribution in [0, 0.1) is 0 Å². The minimum Gasteiger partial charge on any atom is -0.478 e. The van der Waals surface area contributed by atoms with Gasteiger partial charge in [0.1, 0.15) is 0 Å². The molecule has 0 aliphatic heterocycles. The molecular weight excluding hydrogens is 226 g/mol. The SMILES string of the molecule is CCC(=O)Nc1cc(C(=O)O)cc(C(=O)O)c1. The van der Waals surface area contributed by atoms with Gasteiger partial charge in [-0.2, -0.15) is 0 Å². The number of rotatable bonds is 4. The summed E-state index contributed by atoms with van der Waals surface area (Å²) in [6.07, 6.45) is 0.222. The quantitative estimate of drug-likeness (QED) is 0.734. The molecule has 0 spiro atoms. The van der Waals surface area contributed by atoms with Gasteiger partial charge in [0, 0.05) is 12.1 Å². The van der Waals surface area contributed by atoms with Crippen molar-refractivity contribution in [2.45, 2.75) is 13.3 Å². The van der Waals surface area contributed by atoms with E-state index in [1.807, 2.05) is 0 Å². The maximum absolute atomic E-state index is 11.1. The van der Waals surface area contributed by atoms with Gasteiger partial charge in [0.15, 0.2) is 0 Å². The van der Waals surface area contributed by atoms with Crippen LogP contribution in [0.1, 0.15) is 34.1 Å². The van der Waals surface area contributed by atoms with Crippen LogP contribution in [0.15, 0.2) is 18.2 Å². The Morgan fingerprint density at radius 3 is 1.88 bits per heavy atom. The number of nitrogens with one attached hydrogen (secondary N) is 1. The second kappa shape index (κ2) is 5.11. The number of carbonyl (C=O) groups is 3. The van der Waals surface area contributed by atoms with Crippen LogP contribution in [-0.2, 0) is 4.79 Å². The standard InChI is InChI=1S/C11H11NO5/c1-2-9(13)12-8-4-6(10(14)15)3-7(5-8)11(16)17/h3-5H,2H2,1H3,(H,12,13)(H,14,15)(H,16,17). The van der Waals surface area contributed by atoms with Crippen molar-refractivity contribution in [2.24, 2.45) is 0 Å². The van der Waals surface area contributed by atoms with Gasteiger partial charge in [-0.25, -0.2) is 9.59 Å². The highest BCUT2D eigenvalue weighted by molar-refractivity contribution is 5.98. The molecule has 0 bridgehead atoms. The third kappa shape index (κ3) is 3.30. The van der Waals surface area contributed by atoms with Gasteiger partial charge < -0.3 is 15.5 Å². The lowest BCUT2D eigenvalue weighted by Gasteiger charge is -2.06. The molecule has 90 valence electrons. The first kappa shape index (κ1) is 12.7. The van der Waals surface area contributed by atoms with Crippen molar-refractivity contribution >= 4 is 23.5 Å². The summed E-state index contributed by atoms with van der Waals surface area (Å²) >= 11 is 0.